The summed E-state index contributed by atoms with van der Waals surface area (Å²) in [7, 11) is 1.76. The zero-order valence-electron chi connectivity index (χ0n) is 14.1. The standard InChI is InChI=1S/C18H19F3N2O2/c1-11-17(23(24)25)16(13-8-4-6-10-15(13)22(11)2)12-7-3-5-9-14(12)18(19,20)21/h3,5,7,9,16H,4,6,8,10H2,1-2H3. The van der Waals surface area contributed by atoms with Crippen molar-refractivity contribution in [3.05, 3.63) is 68.2 Å². The minimum absolute atomic E-state index is 0.0245. The van der Waals surface area contributed by atoms with E-state index in [1.807, 2.05) is 0 Å². The van der Waals surface area contributed by atoms with E-state index in [1.54, 1.807) is 18.9 Å². The van der Waals surface area contributed by atoms with Crippen molar-refractivity contribution < 1.29 is 18.1 Å². The summed E-state index contributed by atoms with van der Waals surface area (Å²) in [5.41, 5.74) is 1.12. The van der Waals surface area contributed by atoms with Crippen molar-refractivity contribution >= 4 is 0 Å². The first-order valence-corrected chi connectivity index (χ1v) is 8.20. The molecule has 1 unspecified atom stereocenters. The number of benzene rings is 1. The largest absolute Gasteiger partial charge is 0.416 e. The smallest absolute Gasteiger partial charge is 0.346 e. The molecule has 0 amide bonds. The number of allylic oxidation sites excluding steroid dienone is 3. The fourth-order valence-corrected chi connectivity index (χ4v) is 3.93. The van der Waals surface area contributed by atoms with Crippen LogP contribution in [0.4, 0.5) is 13.2 Å². The van der Waals surface area contributed by atoms with Crippen LogP contribution in [0, 0.1) is 10.1 Å². The van der Waals surface area contributed by atoms with E-state index in [9.17, 15) is 23.3 Å². The molecule has 1 aromatic rings. The molecule has 25 heavy (non-hydrogen) atoms. The Labute approximate surface area is 143 Å². The highest BCUT2D eigenvalue weighted by molar-refractivity contribution is 5.48. The van der Waals surface area contributed by atoms with Gasteiger partial charge in [0.1, 0.15) is 5.92 Å². The summed E-state index contributed by atoms with van der Waals surface area (Å²) < 4.78 is 40.6. The summed E-state index contributed by atoms with van der Waals surface area (Å²) >= 11 is 0. The van der Waals surface area contributed by atoms with E-state index in [-0.39, 0.29) is 11.3 Å². The molecule has 0 radical (unpaired) electrons. The minimum Gasteiger partial charge on any atom is -0.346 e. The number of hydrogen-bond donors (Lipinski definition) is 0. The molecule has 0 N–H and O–H groups in total. The molecule has 0 fully saturated rings. The summed E-state index contributed by atoms with van der Waals surface area (Å²) in [6.07, 6.45) is -1.45. The van der Waals surface area contributed by atoms with Crippen molar-refractivity contribution in [1.82, 2.24) is 4.90 Å². The van der Waals surface area contributed by atoms with Gasteiger partial charge in [0.05, 0.1) is 16.2 Å². The number of rotatable bonds is 2. The van der Waals surface area contributed by atoms with Gasteiger partial charge in [0, 0.05) is 12.7 Å². The van der Waals surface area contributed by atoms with Gasteiger partial charge in [-0.2, -0.15) is 13.2 Å². The third-order valence-corrected chi connectivity index (χ3v) is 5.15. The Bertz CT molecular complexity index is 779. The number of halogens is 3. The van der Waals surface area contributed by atoms with Gasteiger partial charge in [0.25, 0.3) is 5.70 Å². The summed E-state index contributed by atoms with van der Waals surface area (Å²) in [5, 5.41) is 11.7. The van der Waals surface area contributed by atoms with Crippen LogP contribution in [0.3, 0.4) is 0 Å². The van der Waals surface area contributed by atoms with Gasteiger partial charge in [0.2, 0.25) is 0 Å². The van der Waals surface area contributed by atoms with E-state index in [0.717, 1.165) is 36.6 Å². The second-order valence-electron chi connectivity index (χ2n) is 6.48. The van der Waals surface area contributed by atoms with Gasteiger partial charge >= 0.3 is 6.18 Å². The lowest BCUT2D eigenvalue weighted by molar-refractivity contribution is -0.432. The highest BCUT2D eigenvalue weighted by Gasteiger charge is 2.44. The van der Waals surface area contributed by atoms with Crippen LogP contribution in [0.2, 0.25) is 0 Å². The highest BCUT2D eigenvalue weighted by Crippen LogP contribution is 2.49. The molecule has 0 saturated carbocycles. The van der Waals surface area contributed by atoms with Crippen LogP contribution in [0.25, 0.3) is 0 Å². The summed E-state index contributed by atoms with van der Waals surface area (Å²) in [6, 6.07) is 5.21. The third kappa shape index (κ3) is 2.92. The Morgan fingerprint density at radius 1 is 1.20 bits per heavy atom. The number of nitrogens with zero attached hydrogens (tertiary/aromatic N) is 2. The molecule has 3 rings (SSSR count). The summed E-state index contributed by atoms with van der Waals surface area (Å²) in [5.74, 6) is -0.945. The van der Waals surface area contributed by atoms with E-state index in [1.165, 1.54) is 18.2 Å². The van der Waals surface area contributed by atoms with Crippen molar-refractivity contribution in [3.63, 3.8) is 0 Å². The lowest BCUT2D eigenvalue weighted by Gasteiger charge is -2.37. The molecule has 0 aromatic heterocycles. The molecule has 0 bridgehead atoms. The van der Waals surface area contributed by atoms with E-state index in [2.05, 4.69) is 0 Å². The molecular formula is C18H19F3N2O2. The first kappa shape index (κ1) is 17.5. The molecule has 1 atom stereocenters. The second kappa shape index (κ2) is 6.20. The Morgan fingerprint density at radius 3 is 2.48 bits per heavy atom. The van der Waals surface area contributed by atoms with Gasteiger partial charge in [-0.15, -0.1) is 0 Å². The quantitative estimate of drug-likeness (QED) is 0.551. The minimum atomic E-state index is -4.55. The number of hydrogen-bond acceptors (Lipinski definition) is 3. The van der Waals surface area contributed by atoms with Crippen molar-refractivity contribution in [3.8, 4) is 0 Å². The van der Waals surface area contributed by atoms with Crippen LogP contribution in [0.5, 0.6) is 0 Å². The lowest BCUT2D eigenvalue weighted by atomic mass is 9.76. The van der Waals surface area contributed by atoms with Gasteiger partial charge in [-0.1, -0.05) is 18.2 Å². The topological polar surface area (TPSA) is 46.4 Å². The van der Waals surface area contributed by atoms with Crippen molar-refractivity contribution in [2.75, 3.05) is 7.05 Å². The van der Waals surface area contributed by atoms with Crippen LogP contribution in [0.1, 0.15) is 49.7 Å². The number of alkyl halides is 3. The summed E-state index contributed by atoms with van der Waals surface area (Å²) in [6.45, 7) is 1.61. The number of nitro groups is 1. The van der Waals surface area contributed by atoms with E-state index >= 15 is 0 Å². The highest BCUT2D eigenvalue weighted by atomic mass is 19.4. The maximum absolute atomic E-state index is 13.5. The Hall–Kier alpha value is -2.31. The van der Waals surface area contributed by atoms with Crippen molar-refractivity contribution in [1.29, 1.82) is 0 Å². The molecule has 1 heterocycles. The van der Waals surface area contributed by atoms with E-state index in [0.29, 0.717) is 12.1 Å². The third-order valence-electron chi connectivity index (χ3n) is 5.15. The maximum atomic E-state index is 13.5. The molecule has 2 aliphatic rings. The van der Waals surface area contributed by atoms with Crippen LogP contribution in [-0.4, -0.2) is 16.9 Å². The summed E-state index contributed by atoms with van der Waals surface area (Å²) in [4.78, 5) is 13.0. The lowest BCUT2D eigenvalue weighted by Crippen LogP contribution is -2.32. The van der Waals surface area contributed by atoms with Crippen LogP contribution in [0.15, 0.2) is 46.9 Å². The zero-order chi connectivity index (χ0) is 18.4. The van der Waals surface area contributed by atoms with Gasteiger partial charge < -0.3 is 4.90 Å². The molecule has 134 valence electrons. The SMILES string of the molecule is CC1=C([N+](=O)[O-])C(c2ccccc2C(F)(F)F)C2=C(CCCC2)N1C. The predicted molar refractivity (Wildman–Crippen MR) is 87.1 cm³/mol. The first-order chi connectivity index (χ1) is 11.7. The molecular weight excluding hydrogens is 333 g/mol. The maximum Gasteiger partial charge on any atom is 0.416 e. The van der Waals surface area contributed by atoms with Gasteiger partial charge in [0.15, 0.2) is 0 Å². The fraction of sp³-hybridized carbons (Fsp3) is 0.444. The van der Waals surface area contributed by atoms with Gasteiger partial charge in [-0.05, 0) is 49.8 Å². The van der Waals surface area contributed by atoms with Crippen LogP contribution >= 0.6 is 0 Å². The van der Waals surface area contributed by atoms with Crippen LogP contribution < -0.4 is 0 Å². The molecule has 1 aliphatic heterocycles. The van der Waals surface area contributed by atoms with Gasteiger partial charge in [-0.3, -0.25) is 10.1 Å². The molecule has 1 aromatic carbocycles. The second-order valence-corrected chi connectivity index (χ2v) is 6.48. The van der Waals surface area contributed by atoms with Crippen molar-refractivity contribution in [2.45, 2.75) is 44.7 Å². The first-order valence-electron chi connectivity index (χ1n) is 8.20. The average molecular weight is 352 g/mol. The molecule has 4 nitrogen and oxygen atoms in total. The Kier molecular flexibility index (Phi) is 4.34. The molecule has 0 saturated heterocycles. The molecule has 7 heteroatoms. The fourth-order valence-electron chi connectivity index (χ4n) is 3.93. The van der Waals surface area contributed by atoms with Crippen LogP contribution in [-0.2, 0) is 6.18 Å². The predicted octanol–water partition coefficient (Wildman–Crippen LogP) is 5.07. The van der Waals surface area contributed by atoms with Crippen molar-refractivity contribution in [2.24, 2.45) is 0 Å². The Morgan fingerprint density at radius 2 is 1.84 bits per heavy atom. The van der Waals surface area contributed by atoms with Gasteiger partial charge in [-0.25, -0.2) is 0 Å². The zero-order valence-corrected chi connectivity index (χ0v) is 14.1. The molecule has 0 spiro atoms. The van der Waals surface area contributed by atoms with E-state index < -0.39 is 22.6 Å². The van der Waals surface area contributed by atoms with E-state index in [4.69, 9.17) is 0 Å². The average Bonchev–Trinajstić information content (AvgIpc) is 2.57. The molecule has 1 aliphatic carbocycles. The Balaban J connectivity index is 2.28. The normalized spacial score (nSPS) is 21.5. The monoisotopic (exact) mass is 352 g/mol.